The van der Waals surface area contributed by atoms with E-state index < -0.39 is 9.84 Å². The van der Waals surface area contributed by atoms with Crippen LogP contribution in [0.15, 0.2) is 12.4 Å². The van der Waals surface area contributed by atoms with Gasteiger partial charge in [-0.15, -0.1) is 0 Å². The first-order valence-corrected chi connectivity index (χ1v) is 8.76. The molecule has 0 unspecified atom stereocenters. The molecule has 2 heterocycles. The molecular weight excluding hydrogens is 274 g/mol. The van der Waals surface area contributed by atoms with Crippen LogP contribution >= 0.6 is 0 Å². The molecule has 20 heavy (non-hydrogen) atoms. The van der Waals surface area contributed by atoms with Gasteiger partial charge in [-0.2, -0.15) is 0 Å². The van der Waals surface area contributed by atoms with Crippen LogP contribution in [-0.2, 0) is 16.4 Å². The van der Waals surface area contributed by atoms with Crippen LogP contribution in [0, 0.1) is 0 Å². The van der Waals surface area contributed by atoms with Gasteiger partial charge in [-0.3, -0.25) is 4.90 Å². The molecule has 0 aromatic carbocycles. The fourth-order valence-corrected chi connectivity index (χ4v) is 4.71. The van der Waals surface area contributed by atoms with Crippen LogP contribution in [0.25, 0.3) is 0 Å². The van der Waals surface area contributed by atoms with Crippen LogP contribution < -0.4 is 0 Å². The number of hydrogen-bond donors (Lipinski definition) is 0. The summed E-state index contributed by atoms with van der Waals surface area (Å²) in [5, 5.41) is 0. The van der Waals surface area contributed by atoms with Gasteiger partial charge in [0.2, 0.25) is 0 Å². The molecule has 1 aliphatic rings. The standard InChI is InChI=1S/C14H23N3O2S/c1-11(2)13-15-7-12(8-16-13)9-17(4)14(3)5-6-20(18,19)10-14/h7-8,11H,5-6,9-10H2,1-4H3/t14-/m1/s1. The Morgan fingerprint density at radius 2 is 1.95 bits per heavy atom. The summed E-state index contributed by atoms with van der Waals surface area (Å²) in [5.41, 5.74) is 0.734. The van der Waals surface area contributed by atoms with Gasteiger partial charge in [0.25, 0.3) is 0 Å². The quantitative estimate of drug-likeness (QED) is 0.845. The topological polar surface area (TPSA) is 63.2 Å². The lowest BCUT2D eigenvalue weighted by molar-refractivity contribution is 0.154. The van der Waals surface area contributed by atoms with Gasteiger partial charge in [0, 0.05) is 36.0 Å². The SMILES string of the molecule is CC(C)c1ncc(CN(C)[C@]2(C)CCS(=O)(=O)C2)cn1. The fraction of sp³-hybridized carbons (Fsp3) is 0.714. The average Bonchev–Trinajstić information content (AvgIpc) is 2.65. The number of hydrogen-bond acceptors (Lipinski definition) is 5. The highest BCUT2D eigenvalue weighted by atomic mass is 32.2. The van der Waals surface area contributed by atoms with E-state index in [-0.39, 0.29) is 17.0 Å². The van der Waals surface area contributed by atoms with E-state index in [1.165, 1.54) is 0 Å². The third-order valence-electron chi connectivity index (χ3n) is 4.07. The fourth-order valence-electron chi connectivity index (χ4n) is 2.50. The molecule has 0 N–H and O–H groups in total. The van der Waals surface area contributed by atoms with Gasteiger partial charge in [0.15, 0.2) is 9.84 Å². The molecule has 6 heteroatoms. The molecule has 1 fully saturated rings. The summed E-state index contributed by atoms with van der Waals surface area (Å²) in [6.07, 6.45) is 4.37. The van der Waals surface area contributed by atoms with Gasteiger partial charge < -0.3 is 0 Å². The van der Waals surface area contributed by atoms with Crippen molar-refractivity contribution >= 4 is 9.84 Å². The van der Waals surface area contributed by atoms with E-state index in [0.29, 0.717) is 18.9 Å². The molecule has 0 amide bonds. The normalized spacial score (nSPS) is 25.5. The van der Waals surface area contributed by atoms with Gasteiger partial charge in [0.05, 0.1) is 11.5 Å². The third kappa shape index (κ3) is 3.35. The Kier molecular flexibility index (Phi) is 4.16. The molecule has 1 aromatic heterocycles. The van der Waals surface area contributed by atoms with Crippen molar-refractivity contribution in [3.63, 3.8) is 0 Å². The zero-order valence-corrected chi connectivity index (χ0v) is 13.4. The largest absolute Gasteiger partial charge is 0.296 e. The molecule has 2 rings (SSSR count). The highest BCUT2D eigenvalue weighted by Gasteiger charge is 2.41. The second kappa shape index (κ2) is 5.41. The maximum absolute atomic E-state index is 11.7. The molecule has 0 aliphatic carbocycles. The Balaban J connectivity index is 2.06. The molecule has 1 aromatic rings. The van der Waals surface area contributed by atoms with E-state index in [1.54, 1.807) is 0 Å². The van der Waals surface area contributed by atoms with E-state index in [0.717, 1.165) is 11.4 Å². The Bertz CT molecular complexity index is 569. The van der Waals surface area contributed by atoms with Crippen molar-refractivity contribution in [3.8, 4) is 0 Å². The molecule has 0 spiro atoms. The van der Waals surface area contributed by atoms with Crippen LogP contribution in [0.2, 0.25) is 0 Å². The highest BCUT2D eigenvalue weighted by molar-refractivity contribution is 7.91. The van der Waals surface area contributed by atoms with Crippen LogP contribution in [0.1, 0.15) is 44.5 Å². The zero-order valence-electron chi connectivity index (χ0n) is 12.6. The Labute approximate surface area is 121 Å². The zero-order chi connectivity index (χ0) is 15.0. The molecular formula is C14H23N3O2S. The number of aromatic nitrogens is 2. The smallest absolute Gasteiger partial charge is 0.152 e. The third-order valence-corrected chi connectivity index (χ3v) is 5.95. The maximum Gasteiger partial charge on any atom is 0.152 e. The first-order valence-electron chi connectivity index (χ1n) is 6.94. The van der Waals surface area contributed by atoms with E-state index in [9.17, 15) is 8.42 Å². The van der Waals surface area contributed by atoms with Crippen molar-refractivity contribution in [3.05, 3.63) is 23.8 Å². The minimum Gasteiger partial charge on any atom is -0.296 e. The second-order valence-corrected chi connectivity index (χ2v) is 8.48. The van der Waals surface area contributed by atoms with Crippen molar-refractivity contribution in [1.82, 2.24) is 14.9 Å². The molecule has 1 aliphatic heterocycles. The first kappa shape index (κ1) is 15.4. The van der Waals surface area contributed by atoms with E-state index >= 15 is 0 Å². The summed E-state index contributed by atoms with van der Waals surface area (Å²) in [7, 11) is -0.913. The Morgan fingerprint density at radius 3 is 2.40 bits per heavy atom. The summed E-state index contributed by atoms with van der Waals surface area (Å²) in [6, 6.07) is 0. The number of sulfone groups is 1. The average molecular weight is 297 g/mol. The first-order chi connectivity index (χ1) is 9.22. The number of rotatable bonds is 4. The van der Waals surface area contributed by atoms with Gasteiger partial charge in [-0.05, 0) is 20.4 Å². The van der Waals surface area contributed by atoms with E-state index in [1.807, 2.05) is 26.4 Å². The summed E-state index contributed by atoms with van der Waals surface area (Å²) in [4.78, 5) is 10.8. The summed E-state index contributed by atoms with van der Waals surface area (Å²) < 4.78 is 23.3. The van der Waals surface area contributed by atoms with Crippen LogP contribution in [0.3, 0.4) is 0 Å². The monoisotopic (exact) mass is 297 g/mol. The van der Waals surface area contributed by atoms with Gasteiger partial charge in [-0.1, -0.05) is 13.8 Å². The molecule has 0 saturated carbocycles. The number of nitrogens with zero attached hydrogens (tertiary/aromatic N) is 3. The van der Waals surface area contributed by atoms with E-state index in [4.69, 9.17) is 0 Å². The molecule has 5 nitrogen and oxygen atoms in total. The summed E-state index contributed by atoms with van der Waals surface area (Å²) in [6.45, 7) is 6.81. The van der Waals surface area contributed by atoms with Crippen molar-refractivity contribution < 1.29 is 8.42 Å². The molecule has 1 atom stereocenters. The predicted octanol–water partition coefficient (Wildman–Crippen LogP) is 1.61. The molecule has 0 bridgehead atoms. The molecule has 112 valence electrons. The van der Waals surface area contributed by atoms with Crippen molar-refractivity contribution in [2.24, 2.45) is 0 Å². The lowest BCUT2D eigenvalue weighted by Gasteiger charge is -2.34. The lowest BCUT2D eigenvalue weighted by atomic mass is 9.99. The van der Waals surface area contributed by atoms with Gasteiger partial charge in [-0.25, -0.2) is 18.4 Å². The minimum absolute atomic E-state index is 0.238. The van der Waals surface area contributed by atoms with Crippen LogP contribution in [-0.4, -0.2) is 47.4 Å². The maximum atomic E-state index is 11.7. The summed E-state index contributed by atoms with van der Waals surface area (Å²) >= 11 is 0. The predicted molar refractivity (Wildman–Crippen MR) is 79.3 cm³/mol. The Hall–Kier alpha value is -1.01. The van der Waals surface area contributed by atoms with Crippen LogP contribution in [0.4, 0.5) is 0 Å². The van der Waals surface area contributed by atoms with Gasteiger partial charge in [0.1, 0.15) is 5.82 Å². The van der Waals surface area contributed by atoms with Crippen LogP contribution in [0.5, 0.6) is 0 Å². The Morgan fingerprint density at radius 1 is 1.35 bits per heavy atom. The minimum atomic E-state index is -2.88. The second-order valence-electron chi connectivity index (χ2n) is 6.30. The molecule has 0 radical (unpaired) electrons. The highest BCUT2D eigenvalue weighted by Crippen LogP contribution is 2.29. The van der Waals surface area contributed by atoms with Crippen molar-refractivity contribution in [2.45, 2.75) is 45.2 Å². The lowest BCUT2D eigenvalue weighted by Crippen LogP contribution is -2.44. The van der Waals surface area contributed by atoms with E-state index in [2.05, 4.69) is 28.7 Å². The van der Waals surface area contributed by atoms with Crippen molar-refractivity contribution in [1.29, 1.82) is 0 Å². The molecule has 1 saturated heterocycles. The van der Waals surface area contributed by atoms with Crippen molar-refractivity contribution in [2.75, 3.05) is 18.6 Å². The summed E-state index contributed by atoms with van der Waals surface area (Å²) in [5.74, 6) is 1.68. The van der Waals surface area contributed by atoms with Gasteiger partial charge >= 0.3 is 0 Å².